The molecule has 45 heavy (non-hydrogen) atoms. The summed E-state index contributed by atoms with van der Waals surface area (Å²) in [7, 11) is 0. The van der Waals surface area contributed by atoms with Gasteiger partial charge in [-0.1, -0.05) is 47.0 Å². The zero-order chi connectivity index (χ0) is 33.3. The summed E-state index contributed by atoms with van der Waals surface area (Å²) < 4.78 is 17.7. The van der Waals surface area contributed by atoms with Crippen molar-refractivity contribution < 1.29 is 63.7 Å². The Kier molecular flexibility index (Phi) is 9.00. The molecule has 0 aromatic rings. The maximum absolute atomic E-state index is 14.2. The maximum Gasteiger partial charge on any atom is 0.391 e. The van der Waals surface area contributed by atoms with Crippen LogP contribution in [-0.2, 0) is 38.2 Å². The van der Waals surface area contributed by atoms with E-state index in [0.29, 0.717) is 0 Å². The van der Waals surface area contributed by atoms with Crippen LogP contribution in [0.5, 0.6) is 0 Å². The van der Waals surface area contributed by atoms with Gasteiger partial charge in [-0.25, -0.2) is 0 Å². The van der Waals surface area contributed by atoms with Gasteiger partial charge in [0.2, 0.25) is 11.6 Å². The summed E-state index contributed by atoms with van der Waals surface area (Å²) in [5.74, 6) is -16.8. The average Bonchev–Trinajstić information content (AvgIpc) is 3.33. The number of esters is 1. The van der Waals surface area contributed by atoms with Crippen molar-refractivity contribution in [1.82, 2.24) is 0 Å². The second kappa shape index (κ2) is 11.8. The van der Waals surface area contributed by atoms with Crippen molar-refractivity contribution in [2.75, 3.05) is 0 Å². The monoisotopic (exact) mass is 638 g/mol. The van der Waals surface area contributed by atoms with Crippen molar-refractivity contribution in [3.63, 3.8) is 0 Å². The van der Waals surface area contributed by atoms with Crippen molar-refractivity contribution in [2.45, 2.75) is 128 Å². The number of hydrogen-bond donors (Lipinski definition) is 5. The van der Waals surface area contributed by atoms with Gasteiger partial charge in [-0.3, -0.25) is 24.0 Å². The second-order valence-electron chi connectivity index (χ2n) is 14.7. The van der Waals surface area contributed by atoms with E-state index < -0.39 is 113 Å². The van der Waals surface area contributed by atoms with Crippen LogP contribution in [0.4, 0.5) is 0 Å². The first-order chi connectivity index (χ1) is 20.9. The highest BCUT2D eigenvalue weighted by molar-refractivity contribution is 6.65. The predicted octanol–water partition coefficient (Wildman–Crippen LogP) is 0.685. The van der Waals surface area contributed by atoms with Crippen LogP contribution in [0, 0.1) is 40.9 Å². The minimum atomic E-state index is -3.58. The van der Waals surface area contributed by atoms with Gasteiger partial charge in [-0.2, -0.15) is 0 Å². The fourth-order valence-corrected chi connectivity index (χ4v) is 9.12. The molecule has 1 heterocycles. The van der Waals surface area contributed by atoms with Gasteiger partial charge in [-0.15, -0.1) is 0 Å². The lowest BCUT2D eigenvalue weighted by Gasteiger charge is -2.58. The van der Waals surface area contributed by atoms with E-state index in [1.54, 1.807) is 6.92 Å². The molecule has 0 bridgehead atoms. The van der Waals surface area contributed by atoms with Crippen LogP contribution < -0.4 is 0 Å². The van der Waals surface area contributed by atoms with Crippen molar-refractivity contribution >= 4 is 29.1 Å². The molecule has 1 aliphatic heterocycles. The van der Waals surface area contributed by atoms with Crippen LogP contribution in [0.1, 0.15) is 91.9 Å². The molecule has 5 aliphatic rings. The van der Waals surface area contributed by atoms with Crippen LogP contribution in [0.15, 0.2) is 0 Å². The smallest absolute Gasteiger partial charge is 0.391 e. The standard InChI is InChI=1S/C32H46O13/c1-15(2)26(37)44-32(41,42)28(38)30-11-10-19(33)22-18(13-31(39,40)25-24(36)23(35)20(34)14-29(22,25)4)16(3)12-21(30)43-27(45-30)17-8-6-5-7-9-17/h15-19,21-22,25,27,33,39-42H,5-14H2,1-4H3. The van der Waals surface area contributed by atoms with Gasteiger partial charge in [0, 0.05) is 18.8 Å². The Balaban J connectivity index is 1.56. The molecule has 0 aromatic carbocycles. The Bertz CT molecular complexity index is 1240. The van der Waals surface area contributed by atoms with E-state index in [2.05, 4.69) is 0 Å². The normalized spacial score (nSPS) is 40.9. The van der Waals surface area contributed by atoms with Crippen molar-refractivity contribution in [3.05, 3.63) is 0 Å². The third-order valence-electron chi connectivity index (χ3n) is 11.3. The minimum absolute atomic E-state index is 0.0225. The molecule has 4 saturated carbocycles. The zero-order valence-electron chi connectivity index (χ0n) is 26.3. The van der Waals surface area contributed by atoms with Crippen LogP contribution in [-0.4, -0.2) is 90.5 Å². The molecule has 13 heteroatoms. The molecule has 5 rings (SSSR count). The van der Waals surface area contributed by atoms with Crippen LogP contribution in [0.2, 0.25) is 0 Å². The lowest BCUT2D eigenvalue weighted by atomic mass is 9.47. The molecular weight excluding hydrogens is 592 g/mol. The molecule has 13 nitrogen and oxygen atoms in total. The summed E-state index contributed by atoms with van der Waals surface area (Å²) in [5.41, 5.74) is -3.59. The van der Waals surface area contributed by atoms with Gasteiger partial charge in [0.15, 0.2) is 17.7 Å². The van der Waals surface area contributed by atoms with E-state index in [0.717, 1.165) is 32.1 Å². The van der Waals surface area contributed by atoms with Crippen molar-refractivity contribution in [1.29, 1.82) is 0 Å². The maximum atomic E-state index is 14.2. The Morgan fingerprint density at radius 3 is 2.31 bits per heavy atom. The number of aliphatic hydroxyl groups excluding tert-OH is 1. The summed E-state index contributed by atoms with van der Waals surface area (Å²) in [6.45, 7) is 6.17. The molecule has 9 atom stereocenters. The third kappa shape index (κ3) is 5.72. The SMILES string of the molecule is CC(C)C(=O)OC(O)(O)C(=O)C12CCC(O)C3C(CC(O)(O)C4C(=O)C(=O)C(=O)CC34C)C(C)CC1OC(C1CCCCC1)O2. The van der Waals surface area contributed by atoms with E-state index >= 15 is 0 Å². The summed E-state index contributed by atoms with van der Waals surface area (Å²) in [4.78, 5) is 64.7. The number of aliphatic hydroxyl groups is 5. The average molecular weight is 639 g/mol. The number of rotatable bonds is 5. The molecule has 0 aromatic heterocycles. The first-order valence-corrected chi connectivity index (χ1v) is 16.2. The van der Waals surface area contributed by atoms with E-state index in [1.165, 1.54) is 20.8 Å². The highest BCUT2D eigenvalue weighted by atomic mass is 16.8. The molecular formula is C32H46O13. The van der Waals surface area contributed by atoms with Gasteiger partial charge < -0.3 is 39.7 Å². The van der Waals surface area contributed by atoms with Crippen LogP contribution >= 0.6 is 0 Å². The van der Waals surface area contributed by atoms with Gasteiger partial charge in [0.25, 0.3) is 11.6 Å². The zero-order valence-corrected chi connectivity index (χ0v) is 26.3. The minimum Gasteiger partial charge on any atom is -0.401 e. The summed E-state index contributed by atoms with van der Waals surface area (Å²) >= 11 is 0. The largest absolute Gasteiger partial charge is 0.401 e. The topological polar surface area (TPSA) is 214 Å². The lowest BCUT2D eigenvalue weighted by molar-refractivity contribution is -0.307. The quantitative estimate of drug-likeness (QED) is 0.159. The number of Topliss-reactive ketones (excluding diaryl/α,β-unsaturated/α-hetero) is 4. The number of carbonyl (C=O) groups is 5. The Morgan fingerprint density at radius 1 is 1.04 bits per heavy atom. The van der Waals surface area contributed by atoms with Crippen LogP contribution in [0.25, 0.3) is 0 Å². The Morgan fingerprint density at radius 2 is 1.69 bits per heavy atom. The number of ketones is 4. The fraction of sp³-hybridized carbons (Fsp3) is 0.844. The Hall–Kier alpha value is -2.13. The van der Waals surface area contributed by atoms with Gasteiger partial charge in [0.1, 0.15) is 0 Å². The third-order valence-corrected chi connectivity index (χ3v) is 11.3. The number of hydrogen-bond acceptors (Lipinski definition) is 13. The van der Waals surface area contributed by atoms with E-state index in [9.17, 15) is 49.5 Å². The number of ether oxygens (including phenoxy) is 3. The summed E-state index contributed by atoms with van der Waals surface area (Å²) in [6, 6.07) is 0. The second-order valence-corrected chi connectivity index (χ2v) is 14.7. The van der Waals surface area contributed by atoms with Gasteiger partial charge in [0.05, 0.1) is 24.0 Å². The lowest BCUT2D eigenvalue weighted by Crippen LogP contribution is -2.67. The fourth-order valence-electron chi connectivity index (χ4n) is 9.12. The molecule has 0 spiro atoms. The highest BCUT2D eigenvalue weighted by Crippen LogP contribution is 2.60. The molecule has 5 N–H and O–H groups in total. The Labute approximate surface area is 261 Å². The molecule has 1 saturated heterocycles. The molecule has 9 unspecified atom stereocenters. The van der Waals surface area contributed by atoms with Crippen molar-refractivity contribution in [2.24, 2.45) is 40.9 Å². The van der Waals surface area contributed by atoms with Crippen molar-refractivity contribution in [3.8, 4) is 0 Å². The molecule has 0 radical (unpaired) electrons. The number of carbonyl (C=O) groups excluding carboxylic acids is 5. The molecule has 5 fully saturated rings. The van der Waals surface area contributed by atoms with E-state index in [-0.39, 0.29) is 25.2 Å². The molecule has 0 amide bonds. The molecule has 4 aliphatic carbocycles. The first kappa shape index (κ1) is 34.2. The predicted molar refractivity (Wildman–Crippen MR) is 151 cm³/mol. The molecule has 252 valence electrons. The van der Waals surface area contributed by atoms with E-state index in [4.69, 9.17) is 14.2 Å². The van der Waals surface area contributed by atoms with Gasteiger partial charge >= 0.3 is 11.9 Å². The highest BCUT2D eigenvalue weighted by Gasteiger charge is 2.69. The number of fused-ring (bicyclic) bond motifs is 4. The first-order valence-electron chi connectivity index (χ1n) is 16.2. The van der Waals surface area contributed by atoms with Crippen LogP contribution in [0.3, 0.4) is 0 Å². The van der Waals surface area contributed by atoms with E-state index in [1.807, 2.05) is 0 Å². The van der Waals surface area contributed by atoms with Gasteiger partial charge in [-0.05, 0) is 55.3 Å². The summed E-state index contributed by atoms with van der Waals surface area (Å²) in [6.07, 6.45) is -0.338. The summed E-state index contributed by atoms with van der Waals surface area (Å²) in [5, 5.41) is 56.1.